The van der Waals surface area contributed by atoms with Crippen molar-refractivity contribution in [2.24, 2.45) is 0 Å². The molecule has 0 spiro atoms. The number of hydrogen-bond acceptors (Lipinski definition) is 7. The molecule has 0 fully saturated rings. The van der Waals surface area contributed by atoms with Crippen molar-refractivity contribution in [2.45, 2.75) is 16.4 Å². The maximum atomic E-state index is 12.2. The second-order valence-corrected chi connectivity index (χ2v) is 7.65. The molecular formula is C13H13NO9S2. The topological polar surface area (TPSA) is 160 Å². The van der Waals surface area contributed by atoms with E-state index in [1.807, 2.05) is 0 Å². The van der Waals surface area contributed by atoms with E-state index in [0.29, 0.717) is 4.57 Å². The monoisotopic (exact) mass is 391 g/mol. The van der Waals surface area contributed by atoms with Crippen molar-refractivity contribution in [3.63, 3.8) is 0 Å². The number of methoxy groups -OCH3 is 1. The van der Waals surface area contributed by atoms with Gasteiger partial charge in [0.1, 0.15) is 0 Å². The molecule has 0 aliphatic rings. The molecule has 12 heteroatoms. The van der Waals surface area contributed by atoms with Crippen molar-refractivity contribution in [2.75, 3.05) is 7.11 Å². The van der Waals surface area contributed by atoms with Crippen LogP contribution in [0.2, 0.25) is 0 Å². The molecule has 0 aliphatic carbocycles. The molecule has 25 heavy (non-hydrogen) atoms. The molecule has 0 unspecified atom stereocenters. The molecule has 10 nitrogen and oxygen atoms in total. The summed E-state index contributed by atoms with van der Waals surface area (Å²) >= 11 is 0. The summed E-state index contributed by atoms with van der Waals surface area (Å²) in [6.45, 7) is -0.361. The number of benzene rings is 1. The molecule has 0 atom stereocenters. The number of aromatic hydroxyl groups is 1. The molecule has 0 bridgehead atoms. The zero-order valence-corrected chi connectivity index (χ0v) is 14.3. The standard InChI is InChI=1S/C13H13NO9S2/c1-23-7-8-6-11(15)14(13(16)12(8)25(20,21)22)9-2-4-10(5-3-9)24(17,18)19/h2-6,16H,7H2,1H3,(H,17,18,19)(H,20,21,22). The van der Waals surface area contributed by atoms with Crippen LogP contribution in [-0.2, 0) is 31.6 Å². The Morgan fingerprint density at radius 2 is 1.60 bits per heavy atom. The summed E-state index contributed by atoms with van der Waals surface area (Å²) in [6.07, 6.45) is 0. The molecule has 0 saturated carbocycles. The summed E-state index contributed by atoms with van der Waals surface area (Å²) in [5, 5.41) is 10.2. The second-order valence-electron chi connectivity index (χ2n) is 4.87. The first-order valence-electron chi connectivity index (χ1n) is 6.49. The highest BCUT2D eigenvalue weighted by atomic mass is 32.2. The van der Waals surface area contributed by atoms with Gasteiger partial charge in [0.05, 0.1) is 17.2 Å². The first kappa shape index (κ1) is 19.1. The van der Waals surface area contributed by atoms with E-state index < -0.39 is 41.5 Å². The fraction of sp³-hybridized carbons (Fsp3) is 0.154. The Hall–Kier alpha value is -2.25. The van der Waals surface area contributed by atoms with Crippen molar-refractivity contribution >= 4 is 20.2 Å². The van der Waals surface area contributed by atoms with Crippen LogP contribution in [0, 0.1) is 0 Å². The molecule has 2 rings (SSSR count). The van der Waals surface area contributed by atoms with Crippen LogP contribution in [0.15, 0.2) is 44.9 Å². The molecule has 1 aromatic heterocycles. The molecule has 0 aliphatic heterocycles. The zero-order chi connectivity index (χ0) is 19.0. The summed E-state index contributed by atoms with van der Waals surface area (Å²) in [5.41, 5.74) is -1.20. The van der Waals surface area contributed by atoms with E-state index in [-0.39, 0.29) is 17.9 Å². The van der Waals surface area contributed by atoms with Crippen LogP contribution in [0.3, 0.4) is 0 Å². The largest absolute Gasteiger partial charge is 0.493 e. The first-order chi connectivity index (χ1) is 11.5. The Kier molecular flexibility index (Phi) is 5.02. The van der Waals surface area contributed by atoms with Crippen molar-refractivity contribution < 1.29 is 35.8 Å². The van der Waals surface area contributed by atoms with Crippen LogP contribution < -0.4 is 5.56 Å². The lowest BCUT2D eigenvalue weighted by Gasteiger charge is -2.14. The Balaban J connectivity index is 2.77. The van der Waals surface area contributed by atoms with Crippen molar-refractivity contribution in [3.8, 4) is 11.6 Å². The summed E-state index contributed by atoms with van der Waals surface area (Å²) in [4.78, 5) is 10.8. The molecule has 3 N–H and O–H groups in total. The van der Waals surface area contributed by atoms with Gasteiger partial charge < -0.3 is 9.84 Å². The third-order valence-electron chi connectivity index (χ3n) is 3.18. The predicted molar refractivity (Wildman–Crippen MR) is 84.0 cm³/mol. The van der Waals surface area contributed by atoms with Crippen LogP contribution in [0.1, 0.15) is 5.56 Å². The van der Waals surface area contributed by atoms with E-state index >= 15 is 0 Å². The van der Waals surface area contributed by atoms with Gasteiger partial charge in [-0.3, -0.25) is 13.9 Å². The highest BCUT2D eigenvalue weighted by Crippen LogP contribution is 2.28. The van der Waals surface area contributed by atoms with E-state index in [1.54, 1.807) is 0 Å². The predicted octanol–water partition coefficient (Wildman–Crippen LogP) is 0.183. The maximum absolute atomic E-state index is 12.2. The van der Waals surface area contributed by atoms with E-state index in [9.17, 15) is 31.3 Å². The molecule has 0 radical (unpaired) electrons. The number of aromatic nitrogens is 1. The quantitative estimate of drug-likeness (QED) is 0.604. The van der Waals surface area contributed by atoms with Gasteiger partial charge in [-0.2, -0.15) is 16.8 Å². The summed E-state index contributed by atoms with van der Waals surface area (Å²) < 4.78 is 68.7. The van der Waals surface area contributed by atoms with Gasteiger partial charge in [0, 0.05) is 18.7 Å². The summed E-state index contributed by atoms with van der Waals surface area (Å²) in [5.74, 6) is -1.07. The Labute approximate surface area is 142 Å². The lowest BCUT2D eigenvalue weighted by Crippen LogP contribution is -2.22. The molecular weight excluding hydrogens is 378 g/mol. The van der Waals surface area contributed by atoms with Crippen LogP contribution in [0.5, 0.6) is 5.88 Å². The van der Waals surface area contributed by atoms with Crippen molar-refractivity contribution in [1.82, 2.24) is 4.57 Å². The number of ether oxygens (including phenoxy) is 1. The summed E-state index contributed by atoms with van der Waals surface area (Å²) in [7, 11) is -8.13. The highest BCUT2D eigenvalue weighted by molar-refractivity contribution is 7.86. The van der Waals surface area contributed by atoms with Gasteiger partial charge in [0.15, 0.2) is 4.90 Å². The van der Waals surface area contributed by atoms with Gasteiger partial charge in [-0.15, -0.1) is 0 Å². The SMILES string of the molecule is COCc1cc(=O)n(-c2ccc(S(=O)(=O)O)cc2)c(O)c1S(=O)(=O)O. The molecule has 136 valence electrons. The van der Waals surface area contributed by atoms with Gasteiger partial charge in [-0.25, -0.2) is 4.57 Å². The van der Waals surface area contributed by atoms with Crippen LogP contribution in [0.4, 0.5) is 0 Å². The summed E-state index contributed by atoms with van der Waals surface area (Å²) in [6, 6.07) is 4.88. The second kappa shape index (κ2) is 6.57. The Morgan fingerprint density at radius 1 is 1.04 bits per heavy atom. The Bertz CT molecular complexity index is 1070. The van der Waals surface area contributed by atoms with Crippen LogP contribution in [-0.4, -0.2) is 42.7 Å². The van der Waals surface area contributed by atoms with Gasteiger partial charge in [0.2, 0.25) is 5.88 Å². The average Bonchev–Trinajstić information content (AvgIpc) is 2.45. The van der Waals surface area contributed by atoms with Gasteiger partial charge in [-0.05, 0) is 24.3 Å². The fourth-order valence-electron chi connectivity index (χ4n) is 2.19. The fourth-order valence-corrected chi connectivity index (χ4v) is 3.44. The Morgan fingerprint density at radius 3 is 2.04 bits per heavy atom. The normalized spacial score (nSPS) is 12.3. The van der Waals surface area contributed by atoms with E-state index in [4.69, 9.17) is 9.29 Å². The number of pyridine rings is 1. The maximum Gasteiger partial charge on any atom is 0.300 e. The molecule has 0 amide bonds. The third kappa shape index (κ3) is 3.88. The van der Waals surface area contributed by atoms with Gasteiger partial charge in [-0.1, -0.05) is 0 Å². The van der Waals surface area contributed by atoms with Crippen LogP contribution >= 0.6 is 0 Å². The van der Waals surface area contributed by atoms with Gasteiger partial charge >= 0.3 is 0 Å². The molecule has 1 aromatic carbocycles. The number of hydrogen-bond donors (Lipinski definition) is 3. The van der Waals surface area contributed by atoms with Crippen molar-refractivity contribution in [1.29, 1.82) is 0 Å². The zero-order valence-electron chi connectivity index (χ0n) is 12.6. The van der Waals surface area contributed by atoms with Crippen LogP contribution in [0.25, 0.3) is 5.69 Å². The highest BCUT2D eigenvalue weighted by Gasteiger charge is 2.25. The average molecular weight is 391 g/mol. The lowest BCUT2D eigenvalue weighted by molar-refractivity contribution is 0.181. The van der Waals surface area contributed by atoms with E-state index in [1.165, 1.54) is 7.11 Å². The minimum absolute atomic E-state index is 0.0937. The van der Waals surface area contributed by atoms with Gasteiger partial charge in [0.25, 0.3) is 25.8 Å². The molecule has 1 heterocycles. The molecule has 0 saturated heterocycles. The molecule has 2 aromatic rings. The van der Waals surface area contributed by atoms with Crippen molar-refractivity contribution in [3.05, 3.63) is 46.2 Å². The minimum Gasteiger partial charge on any atom is -0.493 e. The van der Waals surface area contributed by atoms with E-state index in [0.717, 1.165) is 30.3 Å². The smallest absolute Gasteiger partial charge is 0.300 e. The van der Waals surface area contributed by atoms with E-state index in [2.05, 4.69) is 0 Å². The number of nitrogens with zero attached hydrogens (tertiary/aromatic N) is 1. The number of rotatable bonds is 5. The lowest BCUT2D eigenvalue weighted by atomic mass is 10.2. The third-order valence-corrected chi connectivity index (χ3v) is 5.00. The minimum atomic E-state index is -4.89. The first-order valence-corrected chi connectivity index (χ1v) is 9.37.